The van der Waals surface area contributed by atoms with Crippen molar-refractivity contribution in [2.75, 3.05) is 39.3 Å². The maximum atomic E-state index is 13.5. The molecule has 0 aromatic heterocycles. The molecule has 0 spiro atoms. The zero-order valence-electron chi connectivity index (χ0n) is 14.3. The largest absolute Gasteiger partial charge is 0.352 e. The van der Waals surface area contributed by atoms with Gasteiger partial charge in [-0.05, 0) is 18.9 Å². The number of hydrogen-bond donors (Lipinski definition) is 2. The van der Waals surface area contributed by atoms with Crippen molar-refractivity contribution in [3.63, 3.8) is 0 Å². The second kappa shape index (κ2) is 8.40. The molecule has 25 heavy (non-hydrogen) atoms. The summed E-state index contributed by atoms with van der Waals surface area (Å²) in [4.78, 5) is 28.0. The molecular formula is C18H25FN4O2. The van der Waals surface area contributed by atoms with Crippen molar-refractivity contribution in [1.82, 2.24) is 20.4 Å². The van der Waals surface area contributed by atoms with Crippen LogP contribution in [0.3, 0.4) is 0 Å². The van der Waals surface area contributed by atoms with E-state index >= 15 is 0 Å². The van der Waals surface area contributed by atoms with Crippen molar-refractivity contribution < 1.29 is 14.0 Å². The Hall–Kier alpha value is -1.99. The fraction of sp³-hybridized carbons (Fsp3) is 0.556. The van der Waals surface area contributed by atoms with Crippen LogP contribution in [0.2, 0.25) is 0 Å². The van der Waals surface area contributed by atoms with Crippen LogP contribution in [-0.2, 0) is 16.1 Å². The Kier molecular flexibility index (Phi) is 5.99. The molecule has 1 aliphatic carbocycles. The molecule has 0 bridgehead atoms. The van der Waals surface area contributed by atoms with Crippen LogP contribution in [0.1, 0.15) is 18.4 Å². The maximum absolute atomic E-state index is 13.5. The Bertz CT molecular complexity index is 613. The van der Waals surface area contributed by atoms with Gasteiger partial charge in [-0.2, -0.15) is 0 Å². The zero-order valence-corrected chi connectivity index (χ0v) is 14.3. The lowest BCUT2D eigenvalue weighted by Crippen LogP contribution is -2.51. The lowest BCUT2D eigenvalue weighted by atomic mass is 10.2. The van der Waals surface area contributed by atoms with Crippen molar-refractivity contribution >= 4 is 11.8 Å². The van der Waals surface area contributed by atoms with Crippen LogP contribution in [0.25, 0.3) is 0 Å². The number of nitrogens with one attached hydrogen (secondary N) is 2. The van der Waals surface area contributed by atoms with Gasteiger partial charge in [0.15, 0.2) is 0 Å². The van der Waals surface area contributed by atoms with E-state index < -0.39 is 0 Å². The molecule has 3 rings (SSSR count). The summed E-state index contributed by atoms with van der Waals surface area (Å²) in [6.45, 7) is 4.00. The summed E-state index contributed by atoms with van der Waals surface area (Å²) >= 11 is 0. The number of carbonyl (C=O) groups excluding carboxylic acids is 2. The first-order chi connectivity index (χ1) is 12.1. The average molecular weight is 348 g/mol. The average Bonchev–Trinajstić information content (AvgIpc) is 3.40. The number of benzene rings is 1. The van der Waals surface area contributed by atoms with Gasteiger partial charge in [-0.25, -0.2) is 4.39 Å². The Morgan fingerprint density at radius 1 is 1.00 bits per heavy atom. The normalized spacial score (nSPS) is 18.8. The van der Waals surface area contributed by atoms with Crippen LogP contribution in [0, 0.1) is 5.82 Å². The third-order valence-electron chi connectivity index (χ3n) is 4.58. The Labute approximate surface area is 147 Å². The van der Waals surface area contributed by atoms with Gasteiger partial charge >= 0.3 is 0 Å². The van der Waals surface area contributed by atoms with E-state index in [-0.39, 0.29) is 24.2 Å². The number of hydrogen-bond acceptors (Lipinski definition) is 4. The monoisotopic (exact) mass is 348 g/mol. The SMILES string of the molecule is O=C(CN1CCN(CC(=O)NC2CC2)CC1)NCc1ccccc1F. The molecule has 136 valence electrons. The molecule has 1 aromatic rings. The first-order valence-electron chi connectivity index (χ1n) is 8.84. The molecule has 2 fully saturated rings. The summed E-state index contributed by atoms with van der Waals surface area (Å²) < 4.78 is 13.5. The minimum atomic E-state index is -0.305. The van der Waals surface area contributed by atoms with Gasteiger partial charge in [0.1, 0.15) is 5.82 Å². The van der Waals surface area contributed by atoms with Crippen LogP contribution in [0.15, 0.2) is 24.3 Å². The molecule has 0 unspecified atom stereocenters. The Morgan fingerprint density at radius 2 is 1.60 bits per heavy atom. The van der Waals surface area contributed by atoms with Crippen molar-refractivity contribution in [1.29, 1.82) is 0 Å². The van der Waals surface area contributed by atoms with Gasteiger partial charge in [0, 0.05) is 44.3 Å². The molecule has 1 aromatic carbocycles. The van der Waals surface area contributed by atoms with Crippen LogP contribution >= 0.6 is 0 Å². The van der Waals surface area contributed by atoms with Gasteiger partial charge in [0.2, 0.25) is 11.8 Å². The highest BCUT2D eigenvalue weighted by Crippen LogP contribution is 2.18. The lowest BCUT2D eigenvalue weighted by Gasteiger charge is -2.33. The molecule has 2 aliphatic rings. The predicted molar refractivity (Wildman–Crippen MR) is 92.3 cm³/mol. The summed E-state index contributed by atoms with van der Waals surface area (Å²) in [5.41, 5.74) is 0.488. The minimum Gasteiger partial charge on any atom is -0.352 e. The zero-order chi connectivity index (χ0) is 17.6. The smallest absolute Gasteiger partial charge is 0.234 e. The van der Waals surface area contributed by atoms with E-state index in [0.717, 1.165) is 39.0 Å². The topological polar surface area (TPSA) is 64.7 Å². The lowest BCUT2D eigenvalue weighted by molar-refractivity contribution is -0.125. The van der Waals surface area contributed by atoms with E-state index in [1.807, 2.05) is 0 Å². The van der Waals surface area contributed by atoms with Crippen LogP contribution in [0.5, 0.6) is 0 Å². The van der Waals surface area contributed by atoms with Gasteiger partial charge in [0.25, 0.3) is 0 Å². The predicted octanol–water partition coefficient (Wildman–Crippen LogP) is 0.338. The van der Waals surface area contributed by atoms with E-state index in [1.54, 1.807) is 18.2 Å². The summed E-state index contributed by atoms with van der Waals surface area (Å²) in [6, 6.07) is 6.84. The summed E-state index contributed by atoms with van der Waals surface area (Å²) in [6.07, 6.45) is 2.20. The molecule has 1 aliphatic heterocycles. The fourth-order valence-electron chi connectivity index (χ4n) is 2.90. The maximum Gasteiger partial charge on any atom is 0.234 e. The van der Waals surface area contributed by atoms with Crippen molar-refractivity contribution in [3.05, 3.63) is 35.6 Å². The second-order valence-corrected chi connectivity index (χ2v) is 6.76. The number of nitrogens with zero attached hydrogens (tertiary/aromatic N) is 2. The van der Waals surface area contributed by atoms with Gasteiger partial charge in [-0.3, -0.25) is 19.4 Å². The van der Waals surface area contributed by atoms with Gasteiger partial charge in [-0.15, -0.1) is 0 Å². The molecule has 6 nitrogen and oxygen atoms in total. The second-order valence-electron chi connectivity index (χ2n) is 6.76. The Morgan fingerprint density at radius 3 is 2.20 bits per heavy atom. The van der Waals surface area contributed by atoms with Crippen LogP contribution < -0.4 is 10.6 Å². The molecule has 0 atom stereocenters. The summed E-state index contributed by atoms with van der Waals surface area (Å²) in [5, 5.41) is 5.75. The minimum absolute atomic E-state index is 0.0959. The van der Waals surface area contributed by atoms with E-state index in [0.29, 0.717) is 24.7 Å². The highest BCUT2D eigenvalue weighted by atomic mass is 19.1. The summed E-state index contributed by atoms with van der Waals surface area (Å²) in [5.74, 6) is -0.317. The standard InChI is InChI=1S/C18H25FN4O2/c19-16-4-2-1-3-14(16)11-20-17(24)12-22-7-9-23(10-8-22)13-18(25)21-15-5-6-15/h1-4,15H,5-13H2,(H,20,24)(H,21,25). The van der Waals surface area contributed by atoms with Crippen LogP contribution in [0.4, 0.5) is 4.39 Å². The fourth-order valence-corrected chi connectivity index (χ4v) is 2.90. The van der Waals surface area contributed by atoms with Crippen molar-refractivity contribution in [2.24, 2.45) is 0 Å². The quantitative estimate of drug-likeness (QED) is 0.746. The molecule has 2 amide bonds. The Balaban J connectivity index is 1.33. The van der Waals surface area contributed by atoms with E-state index in [1.165, 1.54) is 6.07 Å². The number of rotatable bonds is 7. The van der Waals surface area contributed by atoms with Gasteiger partial charge < -0.3 is 10.6 Å². The highest BCUT2D eigenvalue weighted by Gasteiger charge is 2.25. The van der Waals surface area contributed by atoms with Gasteiger partial charge in [0.05, 0.1) is 13.1 Å². The van der Waals surface area contributed by atoms with Gasteiger partial charge in [-0.1, -0.05) is 18.2 Å². The molecule has 0 radical (unpaired) electrons. The molecule has 2 N–H and O–H groups in total. The molecule has 1 saturated heterocycles. The third kappa shape index (κ3) is 5.79. The highest BCUT2D eigenvalue weighted by molar-refractivity contribution is 5.79. The van der Waals surface area contributed by atoms with E-state index in [9.17, 15) is 14.0 Å². The van der Waals surface area contributed by atoms with Crippen molar-refractivity contribution in [2.45, 2.75) is 25.4 Å². The number of carbonyl (C=O) groups is 2. The molecule has 1 saturated carbocycles. The van der Waals surface area contributed by atoms with E-state index in [4.69, 9.17) is 0 Å². The van der Waals surface area contributed by atoms with E-state index in [2.05, 4.69) is 20.4 Å². The number of amides is 2. The summed E-state index contributed by atoms with van der Waals surface area (Å²) in [7, 11) is 0. The molecular weight excluding hydrogens is 323 g/mol. The number of piperazine rings is 1. The van der Waals surface area contributed by atoms with Crippen molar-refractivity contribution in [3.8, 4) is 0 Å². The molecule has 1 heterocycles. The molecule has 7 heteroatoms. The third-order valence-corrected chi connectivity index (χ3v) is 4.58. The first kappa shape index (κ1) is 17.8. The number of halogens is 1. The first-order valence-corrected chi connectivity index (χ1v) is 8.84. The van der Waals surface area contributed by atoms with Crippen LogP contribution in [-0.4, -0.2) is 66.9 Å².